The first-order valence-corrected chi connectivity index (χ1v) is 12.9. The molecule has 0 spiro atoms. The van der Waals surface area contributed by atoms with Crippen LogP contribution in [0.5, 0.6) is 5.75 Å². The molecule has 38 heavy (non-hydrogen) atoms. The molecule has 0 bridgehead atoms. The molecule has 1 aliphatic rings. The zero-order chi connectivity index (χ0) is 28.1. The Labute approximate surface area is 222 Å². The highest BCUT2D eigenvalue weighted by molar-refractivity contribution is 6.06. The maximum atomic E-state index is 13.7. The normalized spacial score (nSPS) is 17.8. The van der Waals surface area contributed by atoms with E-state index in [2.05, 4.69) is 0 Å². The molecule has 9 heteroatoms. The molecule has 1 heterocycles. The summed E-state index contributed by atoms with van der Waals surface area (Å²) in [6.07, 6.45) is 2.39. The van der Waals surface area contributed by atoms with Gasteiger partial charge in [-0.15, -0.1) is 0 Å². The molecule has 3 rings (SSSR count). The summed E-state index contributed by atoms with van der Waals surface area (Å²) in [5.41, 5.74) is -0.932. The Bertz CT molecular complexity index is 1150. The largest absolute Gasteiger partial charge is 0.476 e. The first kappa shape index (κ1) is 29.1. The fourth-order valence-corrected chi connectivity index (χ4v) is 4.68. The first-order chi connectivity index (χ1) is 17.9. The average molecular weight is 531 g/mol. The summed E-state index contributed by atoms with van der Waals surface area (Å²) in [4.78, 5) is 41.3. The molecule has 0 radical (unpaired) electrons. The van der Waals surface area contributed by atoms with Crippen LogP contribution in [0.25, 0.3) is 0 Å². The lowest BCUT2D eigenvalue weighted by Gasteiger charge is -2.31. The second kappa shape index (κ2) is 11.9. The number of imide groups is 1. The fraction of sp³-hybridized carbons (Fsp3) is 0.483. The highest BCUT2D eigenvalue weighted by Gasteiger charge is 2.53. The maximum Gasteiger partial charge on any atom is 0.349 e. The van der Waals surface area contributed by atoms with Gasteiger partial charge < -0.3 is 14.4 Å². The predicted molar refractivity (Wildman–Crippen MR) is 138 cm³/mol. The van der Waals surface area contributed by atoms with Crippen LogP contribution < -0.4 is 4.74 Å². The highest BCUT2D eigenvalue weighted by atomic mass is 19.1. The standard InChI is InChI=1S/C29H36F2N2O5/c1-6-15-33-27(36)32(19-21-16-22(30)18-23(31)17-21)25(34)29(33,5)14-8-9-20-10-12-24(13-11-20)38-28(3,4)26(35)37-7-2/h10-13,16-18H,6-9,14-15,19H2,1-5H3. The second-order valence-corrected chi connectivity index (χ2v) is 10.2. The summed E-state index contributed by atoms with van der Waals surface area (Å²) in [6.45, 7) is 9.20. The van der Waals surface area contributed by atoms with E-state index in [0.29, 0.717) is 38.0 Å². The van der Waals surface area contributed by atoms with Crippen LogP contribution in [0.2, 0.25) is 0 Å². The number of halogens is 2. The zero-order valence-corrected chi connectivity index (χ0v) is 22.7. The number of nitrogens with zero attached hydrogens (tertiary/aromatic N) is 2. The Morgan fingerprint density at radius 2 is 1.63 bits per heavy atom. The summed E-state index contributed by atoms with van der Waals surface area (Å²) in [7, 11) is 0. The molecule has 1 atom stereocenters. The Hall–Kier alpha value is -3.49. The minimum absolute atomic E-state index is 0.189. The van der Waals surface area contributed by atoms with Gasteiger partial charge in [-0.2, -0.15) is 0 Å². The van der Waals surface area contributed by atoms with Crippen molar-refractivity contribution in [3.63, 3.8) is 0 Å². The van der Waals surface area contributed by atoms with E-state index >= 15 is 0 Å². The number of hydrogen-bond donors (Lipinski definition) is 0. The Balaban J connectivity index is 1.66. The molecule has 0 N–H and O–H groups in total. The van der Waals surface area contributed by atoms with E-state index < -0.39 is 34.8 Å². The van der Waals surface area contributed by atoms with Crippen molar-refractivity contribution in [1.29, 1.82) is 0 Å². The molecule has 2 aromatic carbocycles. The smallest absolute Gasteiger partial charge is 0.349 e. The van der Waals surface area contributed by atoms with Gasteiger partial charge in [0, 0.05) is 12.6 Å². The molecule has 0 saturated carbocycles. The van der Waals surface area contributed by atoms with Crippen LogP contribution in [0.3, 0.4) is 0 Å². The summed E-state index contributed by atoms with van der Waals surface area (Å²) >= 11 is 0. The van der Waals surface area contributed by atoms with Crippen molar-refractivity contribution in [2.24, 2.45) is 0 Å². The number of amides is 3. The molecule has 1 aliphatic heterocycles. The van der Waals surface area contributed by atoms with Crippen molar-refractivity contribution in [3.05, 3.63) is 65.2 Å². The monoisotopic (exact) mass is 530 g/mol. The minimum atomic E-state index is -1.12. The molecule has 0 aliphatic carbocycles. The zero-order valence-electron chi connectivity index (χ0n) is 22.7. The number of aryl methyl sites for hydroxylation is 1. The van der Waals surface area contributed by atoms with E-state index in [9.17, 15) is 23.2 Å². The average Bonchev–Trinajstić information content (AvgIpc) is 3.01. The lowest BCUT2D eigenvalue weighted by atomic mass is 9.91. The Kier molecular flexibility index (Phi) is 9.12. The molecule has 1 fully saturated rings. The first-order valence-electron chi connectivity index (χ1n) is 12.9. The van der Waals surface area contributed by atoms with Crippen molar-refractivity contribution in [3.8, 4) is 5.75 Å². The predicted octanol–water partition coefficient (Wildman–Crippen LogP) is 5.64. The van der Waals surface area contributed by atoms with Gasteiger partial charge in [0.25, 0.3) is 5.91 Å². The molecule has 0 aromatic heterocycles. The topological polar surface area (TPSA) is 76.2 Å². The third-order valence-electron chi connectivity index (χ3n) is 6.67. The van der Waals surface area contributed by atoms with Gasteiger partial charge in [0.05, 0.1) is 13.2 Å². The summed E-state index contributed by atoms with van der Waals surface area (Å²) in [6, 6.07) is 9.93. The molecule has 3 amide bonds. The highest BCUT2D eigenvalue weighted by Crippen LogP contribution is 2.34. The molecule has 206 valence electrons. The SMILES string of the molecule is CCCN1C(=O)N(Cc2cc(F)cc(F)c2)C(=O)C1(C)CCCc1ccc(OC(C)(C)C(=O)OCC)cc1. The van der Waals surface area contributed by atoms with Gasteiger partial charge in [0.15, 0.2) is 5.60 Å². The molecule has 1 unspecified atom stereocenters. The van der Waals surface area contributed by atoms with Gasteiger partial charge >= 0.3 is 12.0 Å². The maximum absolute atomic E-state index is 13.7. The molecule has 1 saturated heterocycles. The lowest BCUT2D eigenvalue weighted by Crippen LogP contribution is -2.47. The van der Waals surface area contributed by atoms with Crippen LogP contribution in [-0.2, 0) is 27.3 Å². The number of benzene rings is 2. The molecular formula is C29H36F2N2O5. The molecule has 7 nitrogen and oxygen atoms in total. The van der Waals surface area contributed by atoms with Crippen LogP contribution >= 0.6 is 0 Å². The van der Waals surface area contributed by atoms with Crippen LogP contribution in [-0.4, -0.2) is 52.0 Å². The van der Waals surface area contributed by atoms with Crippen molar-refractivity contribution in [2.75, 3.05) is 13.2 Å². The van der Waals surface area contributed by atoms with E-state index in [-0.39, 0.29) is 24.6 Å². The van der Waals surface area contributed by atoms with Gasteiger partial charge in [-0.1, -0.05) is 19.1 Å². The van der Waals surface area contributed by atoms with E-state index in [1.165, 1.54) is 0 Å². The van der Waals surface area contributed by atoms with Crippen LogP contribution in [0.15, 0.2) is 42.5 Å². The van der Waals surface area contributed by atoms with Gasteiger partial charge in [-0.3, -0.25) is 9.69 Å². The number of ether oxygens (including phenoxy) is 2. The van der Waals surface area contributed by atoms with Gasteiger partial charge in [0.1, 0.15) is 22.9 Å². The summed E-state index contributed by atoms with van der Waals surface area (Å²) in [5.74, 6) is -1.79. The van der Waals surface area contributed by atoms with Gasteiger partial charge in [0.2, 0.25) is 0 Å². The summed E-state index contributed by atoms with van der Waals surface area (Å²) in [5, 5.41) is 0. The van der Waals surface area contributed by atoms with Crippen molar-refractivity contribution < 1.29 is 32.6 Å². The third-order valence-corrected chi connectivity index (χ3v) is 6.67. The number of urea groups is 1. The number of hydrogen-bond acceptors (Lipinski definition) is 5. The molecular weight excluding hydrogens is 494 g/mol. The Morgan fingerprint density at radius 1 is 1.00 bits per heavy atom. The van der Waals surface area contributed by atoms with Crippen molar-refractivity contribution >= 4 is 17.9 Å². The number of rotatable bonds is 12. The second-order valence-electron chi connectivity index (χ2n) is 10.2. The minimum Gasteiger partial charge on any atom is -0.476 e. The number of esters is 1. The quantitative estimate of drug-likeness (QED) is 0.262. The van der Waals surface area contributed by atoms with E-state index in [1.54, 1.807) is 44.7 Å². The molecule has 2 aromatic rings. The van der Waals surface area contributed by atoms with Crippen LogP contribution in [0.1, 0.15) is 65.0 Å². The number of carbonyl (C=O) groups excluding carboxylic acids is 3. The van der Waals surface area contributed by atoms with E-state index in [0.717, 1.165) is 28.7 Å². The number of carbonyl (C=O) groups is 3. The van der Waals surface area contributed by atoms with E-state index in [1.807, 2.05) is 19.1 Å². The van der Waals surface area contributed by atoms with Gasteiger partial charge in [-0.05, 0) is 88.8 Å². The van der Waals surface area contributed by atoms with Crippen LogP contribution in [0, 0.1) is 11.6 Å². The van der Waals surface area contributed by atoms with Crippen molar-refractivity contribution in [1.82, 2.24) is 9.80 Å². The summed E-state index contributed by atoms with van der Waals surface area (Å²) < 4.78 is 38.2. The van der Waals surface area contributed by atoms with Crippen molar-refractivity contribution in [2.45, 2.75) is 78.0 Å². The van der Waals surface area contributed by atoms with Gasteiger partial charge in [-0.25, -0.2) is 18.4 Å². The lowest BCUT2D eigenvalue weighted by molar-refractivity contribution is -0.158. The Morgan fingerprint density at radius 3 is 2.21 bits per heavy atom. The fourth-order valence-electron chi connectivity index (χ4n) is 4.68. The van der Waals surface area contributed by atoms with Crippen LogP contribution in [0.4, 0.5) is 13.6 Å². The van der Waals surface area contributed by atoms with E-state index in [4.69, 9.17) is 9.47 Å². The third kappa shape index (κ3) is 6.49.